The number of amides is 1. The molecule has 1 atom stereocenters. The summed E-state index contributed by atoms with van der Waals surface area (Å²) in [7, 11) is 1.87. The largest absolute Gasteiger partial charge is 0.341 e. The lowest BCUT2D eigenvalue weighted by Gasteiger charge is -2.27. The van der Waals surface area contributed by atoms with Crippen LogP contribution in [0.2, 0.25) is 0 Å². The summed E-state index contributed by atoms with van der Waals surface area (Å²) in [6.45, 7) is 2.50. The minimum absolute atomic E-state index is 0.144. The molecule has 1 aromatic rings. The highest BCUT2D eigenvalue weighted by Gasteiger charge is 2.23. The van der Waals surface area contributed by atoms with E-state index >= 15 is 0 Å². The number of nitrogens with one attached hydrogen (secondary N) is 1. The lowest BCUT2D eigenvalue weighted by atomic mass is 9.98. The second kappa shape index (κ2) is 5.77. The summed E-state index contributed by atoms with van der Waals surface area (Å²) in [6.07, 6.45) is 5.65. The fourth-order valence-corrected chi connectivity index (χ4v) is 2.22. The molecule has 1 fully saturated rings. The molecule has 2 rings (SSSR count). The Hall–Kier alpha value is -1.42. The Balaban J connectivity index is 1.90. The van der Waals surface area contributed by atoms with Gasteiger partial charge in [-0.3, -0.25) is 9.78 Å². The Morgan fingerprint density at radius 3 is 3.18 bits per heavy atom. The second-order valence-corrected chi connectivity index (χ2v) is 4.60. The van der Waals surface area contributed by atoms with Crippen LogP contribution in [-0.2, 0) is 11.3 Å². The van der Waals surface area contributed by atoms with Gasteiger partial charge in [0.25, 0.3) is 0 Å². The van der Waals surface area contributed by atoms with Crippen LogP contribution in [0.4, 0.5) is 0 Å². The van der Waals surface area contributed by atoms with Gasteiger partial charge >= 0.3 is 0 Å². The predicted octanol–water partition coefficient (Wildman–Crippen LogP) is 1.04. The molecule has 0 radical (unpaired) electrons. The summed E-state index contributed by atoms with van der Waals surface area (Å²) in [5.41, 5.74) is 1.08. The minimum Gasteiger partial charge on any atom is -0.341 e. The molecular weight excluding hydrogens is 214 g/mol. The molecular formula is C13H19N3O. The SMILES string of the molecule is CN(Cc1cccnc1)C(=O)[C@H]1CCCNC1. The standard InChI is InChI=1S/C13H19N3O/c1-16(10-11-4-2-6-14-8-11)13(17)12-5-3-7-15-9-12/h2,4,6,8,12,15H,3,5,7,9-10H2,1H3/t12-/m0/s1. The Morgan fingerprint density at radius 2 is 2.53 bits per heavy atom. The molecule has 1 aliphatic heterocycles. The van der Waals surface area contributed by atoms with E-state index in [4.69, 9.17) is 0 Å². The molecule has 0 bridgehead atoms. The summed E-state index contributed by atoms with van der Waals surface area (Å²) >= 11 is 0. The molecule has 4 heteroatoms. The van der Waals surface area contributed by atoms with Crippen LogP contribution in [0.15, 0.2) is 24.5 Å². The number of carbonyl (C=O) groups is 1. The van der Waals surface area contributed by atoms with Gasteiger partial charge in [0.2, 0.25) is 5.91 Å². The van der Waals surface area contributed by atoms with Gasteiger partial charge in [0, 0.05) is 32.5 Å². The Morgan fingerprint density at radius 1 is 1.65 bits per heavy atom. The van der Waals surface area contributed by atoms with Crippen molar-refractivity contribution in [3.05, 3.63) is 30.1 Å². The van der Waals surface area contributed by atoms with Crippen molar-refractivity contribution < 1.29 is 4.79 Å². The predicted molar refractivity (Wildman–Crippen MR) is 66.3 cm³/mol. The fourth-order valence-electron chi connectivity index (χ4n) is 2.22. The molecule has 1 aliphatic rings. The highest BCUT2D eigenvalue weighted by atomic mass is 16.2. The van der Waals surface area contributed by atoms with Crippen LogP contribution in [0.25, 0.3) is 0 Å². The zero-order valence-electron chi connectivity index (χ0n) is 10.2. The van der Waals surface area contributed by atoms with Gasteiger partial charge < -0.3 is 10.2 Å². The summed E-state index contributed by atoms with van der Waals surface area (Å²) in [6, 6.07) is 3.89. The number of nitrogens with zero attached hydrogens (tertiary/aromatic N) is 2. The number of hydrogen-bond donors (Lipinski definition) is 1. The fraction of sp³-hybridized carbons (Fsp3) is 0.538. The van der Waals surface area contributed by atoms with Crippen molar-refractivity contribution in [2.75, 3.05) is 20.1 Å². The van der Waals surface area contributed by atoms with Crippen LogP contribution in [0.1, 0.15) is 18.4 Å². The summed E-state index contributed by atoms with van der Waals surface area (Å²) in [5, 5.41) is 3.27. The van der Waals surface area contributed by atoms with Crippen LogP contribution in [0, 0.1) is 5.92 Å². The third kappa shape index (κ3) is 3.27. The molecule has 0 saturated carbocycles. The number of hydrogen-bond acceptors (Lipinski definition) is 3. The molecule has 4 nitrogen and oxygen atoms in total. The van der Waals surface area contributed by atoms with E-state index in [0.717, 1.165) is 31.5 Å². The van der Waals surface area contributed by atoms with Crippen LogP contribution in [0.3, 0.4) is 0 Å². The quantitative estimate of drug-likeness (QED) is 0.848. The molecule has 1 N–H and O–H groups in total. The summed E-state index contributed by atoms with van der Waals surface area (Å²) < 4.78 is 0. The van der Waals surface area contributed by atoms with Crippen LogP contribution in [0.5, 0.6) is 0 Å². The number of carbonyl (C=O) groups excluding carboxylic acids is 1. The maximum atomic E-state index is 12.2. The number of aromatic nitrogens is 1. The van der Waals surface area contributed by atoms with E-state index in [0.29, 0.717) is 6.54 Å². The van der Waals surface area contributed by atoms with E-state index in [1.54, 1.807) is 11.1 Å². The van der Waals surface area contributed by atoms with E-state index in [9.17, 15) is 4.79 Å². The zero-order valence-corrected chi connectivity index (χ0v) is 10.2. The Bertz CT molecular complexity index is 360. The Kier molecular flexibility index (Phi) is 4.09. The van der Waals surface area contributed by atoms with E-state index in [-0.39, 0.29) is 11.8 Å². The van der Waals surface area contributed by atoms with Crippen molar-refractivity contribution in [2.24, 2.45) is 5.92 Å². The molecule has 0 spiro atoms. The molecule has 1 amide bonds. The molecule has 1 aromatic heterocycles. The first-order valence-corrected chi connectivity index (χ1v) is 6.12. The van der Waals surface area contributed by atoms with Crippen molar-refractivity contribution in [1.82, 2.24) is 15.2 Å². The van der Waals surface area contributed by atoms with Gasteiger partial charge in [-0.2, -0.15) is 0 Å². The molecule has 1 saturated heterocycles. The lowest BCUT2D eigenvalue weighted by Crippen LogP contribution is -2.41. The van der Waals surface area contributed by atoms with Gasteiger partial charge in [0.15, 0.2) is 0 Å². The van der Waals surface area contributed by atoms with Crippen molar-refractivity contribution in [1.29, 1.82) is 0 Å². The van der Waals surface area contributed by atoms with Gasteiger partial charge in [-0.25, -0.2) is 0 Å². The highest BCUT2D eigenvalue weighted by Crippen LogP contribution is 2.14. The van der Waals surface area contributed by atoms with E-state index in [1.165, 1.54) is 0 Å². The van der Waals surface area contributed by atoms with Crippen molar-refractivity contribution in [3.63, 3.8) is 0 Å². The van der Waals surface area contributed by atoms with Gasteiger partial charge in [-0.05, 0) is 31.0 Å². The van der Waals surface area contributed by atoms with Crippen molar-refractivity contribution in [2.45, 2.75) is 19.4 Å². The third-order valence-corrected chi connectivity index (χ3v) is 3.16. The summed E-state index contributed by atoms with van der Waals surface area (Å²) in [4.78, 5) is 18.0. The first-order valence-electron chi connectivity index (χ1n) is 6.12. The third-order valence-electron chi connectivity index (χ3n) is 3.16. The lowest BCUT2D eigenvalue weighted by molar-refractivity contribution is -0.135. The smallest absolute Gasteiger partial charge is 0.227 e. The Labute approximate surface area is 102 Å². The average Bonchev–Trinajstić information content (AvgIpc) is 2.40. The molecule has 2 heterocycles. The first-order chi connectivity index (χ1) is 8.27. The van der Waals surface area contributed by atoms with E-state index in [1.807, 2.05) is 25.4 Å². The second-order valence-electron chi connectivity index (χ2n) is 4.60. The first kappa shape index (κ1) is 12.0. The van der Waals surface area contributed by atoms with E-state index in [2.05, 4.69) is 10.3 Å². The maximum absolute atomic E-state index is 12.2. The van der Waals surface area contributed by atoms with Crippen molar-refractivity contribution in [3.8, 4) is 0 Å². The van der Waals surface area contributed by atoms with Gasteiger partial charge in [0.1, 0.15) is 0 Å². The molecule has 0 unspecified atom stereocenters. The molecule has 0 aliphatic carbocycles. The van der Waals surface area contributed by atoms with Gasteiger partial charge in [-0.1, -0.05) is 6.07 Å². The zero-order chi connectivity index (χ0) is 12.1. The number of rotatable bonds is 3. The van der Waals surface area contributed by atoms with Crippen LogP contribution < -0.4 is 5.32 Å². The number of piperidine rings is 1. The van der Waals surface area contributed by atoms with Crippen LogP contribution >= 0.6 is 0 Å². The molecule has 0 aromatic carbocycles. The highest BCUT2D eigenvalue weighted by molar-refractivity contribution is 5.78. The molecule has 17 heavy (non-hydrogen) atoms. The van der Waals surface area contributed by atoms with E-state index < -0.39 is 0 Å². The number of pyridine rings is 1. The van der Waals surface area contributed by atoms with Crippen LogP contribution in [-0.4, -0.2) is 35.9 Å². The van der Waals surface area contributed by atoms with Gasteiger partial charge in [0.05, 0.1) is 5.92 Å². The van der Waals surface area contributed by atoms with Gasteiger partial charge in [-0.15, -0.1) is 0 Å². The maximum Gasteiger partial charge on any atom is 0.227 e. The summed E-state index contributed by atoms with van der Waals surface area (Å²) in [5.74, 6) is 0.381. The monoisotopic (exact) mass is 233 g/mol. The topological polar surface area (TPSA) is 45.2 Å². The van der Waals surface area contributed by atoms with Crippen molar-refractivity contribution >= 4 is 5.91 Å². The minimum atomic E-state index is 0.144. The normalized spacial score (nSPS) is 19.9. The average molecular weight is 233 g/mol. The molecule has 92 valence electrons.